The number of thiophene rings is 1. The van der Waals surface area contributed by atoms with Crippen molar-refractivity contribution < 1.29 is 0 Å². The second-order valence-corrected chi connectivity index (χ2v) is 18.0. The van der Waals surface area contributed by atoms with Crippen LogP contribution < -0.4 is 4.90 Å². The molecular weight excluding hydrogens is 755 g/mol. The first-order valence-electron chi connectivity index (χ1n) is 22.0. The predicted octanol–water partition coefficient (Wildman–Crippen LogP) is 16.8. The van der Waals surface area contributed by atoms with Gasteiger partial charge in [-0.25, -0.2) is 0 Å². The molecule has 1 fully saturated rings. The van der Waals surface area contributed by atoms with Crippen LogP contribution in [0.25, 0.3) is 53.2 Å². The summed E-state index contributed by atoms with van der Waals surface area (Å²) < 4.78 is 2.60. The lowest BCUT2D eigenvalue weighted by Crippen LogP contribution is -2.28. The Kier molecular flexibility index (Phi) is 8.75. The summed E-state index contributed by atoms with van der Waals surface area (Å²) in [5.41, 5.74) is 14.8. The van der Waals surface area contributed by atoms with Gasteiger partial charge in [-0.05, 0) is 98.8 Å². The van der Waals surface area contributed by atoms with E-state index in [9.17, 15) is 0 Å². The average molecular weight is 800 g/mol. The molecule has 0 radical (unpaired) electrons. The van der Waals surface area contributed by atoms with Crippen molar-refractivity contribution in [3.05, 3.63) is 234 Å². The molecule has 2 aliphatic rings. The first kappa shape index (κ1) is 36.1. The third-order valence-electron chi connectivity index (χ3n) is 13.7. The first-order chi connectivity index (χ1) is 30.3. The van der Waals surface area contributed by atoms with Crippen LogP contribution in [-0.4, -0.2) is 0 Å². The molecule has 0 amide bonds. The Labute approximate surface area is 362 Å². The van der Waals surface area contributed by atoms with Crippen LogP contribution in [0.15, 0.2) is 206 Å². The number of anilines is 3. The van der Waals surface area contributed by atoms with Gasteiger partial charge in [0, 0.05) is 31.3 Å². The molecule has 1 saturated carbocycles. The van der Waals surface area contributed by atoms with Crippen molar-refractivity contribution in [3.63, 3.8) is 0 Å². The van der Waals surface area contributed by atoms with Gasteiger partial charge in [-0.15, -0.1) is 11.3 Å². The fourth-order valence-corrected chi connectivity index (χ4v) is 12.4. The smallest absolute Gasteiger partial charge is 0.0714 e. The second-order valence-electron chi connectivity index (χ2n) is 16.9. The molecule has 61 heavy (non-hydrogen) atoms. The molecule has 0 unspecified atom stereocenters. The maximum Gasteiger partial charge on any atom is 0.0714 e. The topological polar surface area (TPSA) is 3.24 Å². The Balaban J connectivity index is 1.20. The van der Waals surface area contributed by atoms with E-state index in [1.165, 1.54) is 130 Å². The molecule has 0 aliphatic heterocycles. The highest BCUT2D eigenvalue weighted by Crippen LogP contribution is 2.60. The minimum Gasteiger partial charge on any atom is -0.309 e. The van der Waals surface area contributed by atoms with E-state index >= 15 is 0 Å². The molecule has 0 atom stereocenters. The van der Waals surface area contributed by atoms with Crippen molar-refractivity contribution >= 4 is 59.3 Å². The Hall–Kier alpha value is -6.74. The molecule has 292 valence electrons. The van der Waals surface area contributed by atoms with Gasteiger partial charge in [0.15, 0.2) is 0 Å². The quantitative estimate of drug-likeness (QED) is 0.155. The van der Waals surface area contributed by atoms with Crippen molar-refractivity contribution in [2.24, 2.45) is 0 Å². The monoisotopic (exact) mass is 799 g/mol. The van der Waals surface area contributed by atoms with Gasteiger partial charge >= 0.3 is 0 Å². The van der Waals surface area contributed by atoms with Crippen molar-refractivity contribution in [2.75, 3.05) is 4.90 Å². The van der Waals surface area contributed by atoms with Gasteiger partial charge in [-0.1, -0.05) is 195 Å². The highest BCUT2D eigenvalue weighted by atomic mass is 32.1. The van der Waals surface area contributed by atoms with Gasteiger partial charge < -0.3 is 4.90 Å². The van der Waals surface area contributed by atoms with E-state index < -0.39 is 5.41 Å². The lowest BCUT2D eigenvalue weighted by molar-refractivity contribution is 0.445. The van der Waals surface area contributed by atoms with E-state index in [0.717, 1.165) is 0 Å². The van der Waals surface area contributed by atoms with Crippen LogP contribution in [-0.2, 0) is 5.41 Å². The normalized spacial score (nSPS) is 14.6. The summed E-state index contributed by atoms with van der Waals surface area (Å²) in [6.07, 6.45) is 6.47. The SMILES string of the molecule is c1ccc(C2(c3ccccc3)c3ccccc3-c3c(N(c4ccccc4-c4cccc5cccc(C6CCCCC6)c45)c4cccc5sc6ccccc6c45)cccc32)cc1. The van der Waals surface area contributed by atoms with Gasteiger partial charge in [0.2, 0.25) is 0 Å². The Morgan fingerprint density at radius 1 is 0.410 bits per heavy atom. The zero-order valence-electron chi connectivity index (χ0n) is 34.1. The second kappa shape index (κ2) is 14.8. The molecule has 1 nitrogen and oxygen atoms in total. The maximum absolute atomic E-state index is 2.63. The number of hydrogen-bond donors (Lipinski definition) is 0. The van der Waals surface area contributed by atoms with Gasteiger partial charge in [0.1, 0.15) is 0 Å². The summed E-state index contributed by atoms with van der Waals surface area (Å²) in [4.78, 5) is 2.63. The molecular formula is C59H45NS. The Morgan fingerprint density at radius 2 is 0.984 bits per heavy atom. The van der Waals surface area contributed by atoms with Crippen molar-refractivity contribution in [2.45, 2.75) is 43.4 Å². The molecule has 0 spiro atoms. The first-order valence-corrected chi connectivity index (χ1v) is 22.8. The number of para-hydroxylation sites is 1. The molecule has 0 bridgehead atoms. The molecule has 9 aromatic carbocycles. The Morgan fingerprint density at radius 3 is 1.79 bits per heavy atom. The lowest BCUT2D eigenvalue weighted by atomic mass is 9.68. The van der Waals surface area contributed by atoms with Crippen LogP contribution in [0.3, 0.4) is 0 Å². The van der Waals surface area contributed by atoms with Crippen LogP contribution in [0.2, 0.25) is 0 Å². The van der Waals surface area contributed by atoms with Crippen LogP contribution in [0.4, 0.5) is 17.1 Å². The van der Waals surface area contributed by atoms with Crippen molar-refractivity contribution in [1.82, 2.24) is 0 Å². The molecule has 0 N–H and O–H groups in total. The summed E-state index contributed by atoms with van der Waals surface area (Å²) in [5.74, 6) is 0.575. The Bertz CT molecular complexity index is 3200. The van der Waals surface area contributed by atoms with Crippen LogP contribution in [0.5, 0.6) is 0 Å². The number of rotatable bonds is 7. The molecule has 0 saturated heterocycles. The number of nitrogens with zero attached hydrogens (tertiary/aromatic N) is 1. The van der Waals surface area contributed by atoms with E-state index in [1.54, 1.807) is 0 Å². The van der Waals surface area contributed by atoms with E-state index in [0.29, 0.717) is 5.92 Å². The minimum atomic E-state index is -0.513. The summed E-state index contributed by atoms with van der Waals surface area (Å²) in [6.45, 7) is 0. The molecule has 12 rings (SSSR count). The molecule has 1 aromatic heterocycles. The highest BCUT2D eigenvalue weighted by molar-refractivity contribution is 7.26. The third kappa shape index (κ3) is 5.59. The predicted molar refractivity (Wildman–Crippen MR) is 260 cm³/mol. The number of benzene rings is 9. The molecule has 2 heteroatoms. The fraction of sp³-hybridized carbons (Fsp3) is 0.119. The number of hydrogen-bond acceptors (Lipinski definition) is 2. The highest BCUT2D eigenvalue weighted by Gasteiger charge is 2.47. The zero-order valence-corrected chi connectivity index (χ0v) is 34.9. The summed E-state index contributed by atoms with van der Waals surface area (Å²) >= 11 is 1.89. The average Bonchev–Trinajstić information content (AvgIpc) is 3.87. The summed E-state index contributed by atoms with van der Waals surface area (Å²) in [6, 6.07) is 77.7. The fourth-order valence-electron chi connectivity index (χ4n) is 11.2. The van der Waals surface area contributed by atoms with Gasteiger partial charge in [0.25, 0.3) is 0 Å². The molecule has 10 aromatic rings. The van der Waals surface area contributed by atoms with E-state index in [4.69, 9.17) is 0 Å². The number of fused-ring (bicyclic) bond motifs is 7. The van der Waals surface area contributed by atoms with E-state index in [-0.39, 0.29) is 0 Å². The largest absolute Gasteiger partial charge is 0.309 e. The minimum absolute atomic E-state index is 0.513. The van der Waals surface area contributed by atoms with Crippen LogP contribution in [0.1, 0.15) is 65.8 Å². The third-order valence-corrected chi connectivity index (χ3v) is 14.9. The van der Waals surface area contributed by atoms with Gasteiger partial charge in [-0.3, -0.25) is 0 Å². The zero-order chi connectivity index (χ0) is 40.3. The summed E-state index contributed by atoms with van der Waals surface area (Å²) in [5, 5.41) is 5.30. The molecule has 1 heterocycles. The molecule has 2 aliphatic carbocycles. The van der Waals surface area contributed by atoms with E-state index in [2.05, 4.69) is 211 Å². The summed E-state index contributed by atoms with van der Waals surface area (Å²) in [7, 11) is 0. The van der Waals surface area contributed by atoms with Crippen LogP contribution in [0, 0.1) is 0 Å². The van der Waals surface area contributed by atoms with Crippen LogP contribution >= 0.6 is 11.3 Å². The van der Waals surface area contributed by atoms with Gasteiger partial charge in [0.05, 0.1) is 22.5 Å². The van der Waals surface area contributed by atoms with E-state index in [1.807, 2.05) is 11.3 Å². The lowest BCUT2D eigenvalue weighted by Gasteiger charge is -2.35. The van der Waals surface area contributed by atoms with Crippen molar-refractivity contribution in [1.29, 1.82) is 0 Å². The standard InChI is InChI=1S/C59H45NS/c1-4-20-40(21-5-1)44-31-16-22-41-23-17-32-46(56(41)44)45-28-11-14-35-51(45)60(53-37-19-39-55-58(53)48-30-12-15-38-54(48)61-55)52-36-18-34-50-57(52)47-29-10-13-33-49(47)59(50,42-24-6-2-7-25-42)43-26-8-3-9-27-43/h2-3,6-19,22-40H,1,4-5,20-21H2. The maximum atomic E-state index is 2.63. The van der Waals surface area contributed by atoms with Gasteiger partial charge in [-0.2, -0.15) is 0 Å². The van der Waals surface area contributed by atoms with Crippen molar-refractivity contribution in [3.8, 4) is 22.3 Å².